The fraction of sp³-hybridized carbons (Fsp3) is 0. The molecule has 0 saturated carbocycles. The molecule has 0 aliphatic carbocycles. The first-order valence-corrected chi connectivity index (χ1v) is 16.0. The van der Waals surface area contributed by atoms with Gasteiger partial charge in [0.2, 0.25) is 0 Å². The molecule has 3 aromatic heterocycles. The van der Waals surface area contributed by atoms with Crippen LogP contribution in [0.2, 0.25) is 0 Å². The standard InChI is InChI=1S/C44H27N3.Y/c1-4-14-31(15-5-1)45-29-39(35-21-10-12-22-40(35)45)30-24-25-42-36(26-30)38-27-37-34-20-11-13-23-41(34)46(32-16-6-2-7-17-32)43(37)28-44(38)47(42)33-18-8-3-9-19-33;/h1-14,16-28H;/q-2;. The Morgan fingerprint density at radius 1 is 0.396 bits per heavy atom. The Morgan fingerprint density at radius 3 is 1.65 bits per heavy atom. The van der Waals surface area contributed by atoms with E-state index in [9.17, 15) is 0 Å². The van der Waals surface area contributed by atoms with Crippen molar-refractivity contribution in [2.75, 3.05) is 0 Å². The second-order valence-electron chi connectivity index (χ2n) is 12.1. The summed E-state index contributed by atoms with van der Waals surface area (Å²) >= 11 is 0. The molecular formula is C44H27N3Y-2. The maximum absolute atomic E-state index is 3.72. The summed E-state index contributed by atoms with van der Waals surface area (Å²) in [5, 5.41) is 6.12. The number of fused-ring (bicyclic) bond motifs is 7. The van der Waals surface area contributed by atoms with Crippen LogP contribution in [0.3, 0.4) is 0 Å². The molecule has 3 heterocycles. The average Bonchev–Trinajstić information content (AvgIpc) is 3.79. The van der Waals surface area contributed by atoms with Gasteiger partial charge in [-0.25, -0.2) is 6.07 Å². The van der Waals surface area contributed by atoms with Crippen LogP contribution in [-0.2, 0) is 32.7 Å². The van der Waals surface area contributed by atoms with Crippen LogP contribution in [-0.4, -0.2) is 13.7 Å². The molecule has 0 amide bonds. The number of nitrogens with zero attached hydrogens (tertiary/aromatic N) is 3. The minimum Gasteiger partial charge on any atom is -0.439 e. The van der Waals surface area contributed by atoms with E-state index in [0.29, 0.717) is 0 Å². The maximum Gasteiger partial charge on any atom is 0.0562 e. The average molecular weight is 687 g/mol. The van der Waals surface area contributed by atoms with Crippen LogP contribution in [0.25, 0.3) is 82.7 Å². The molecule has 0 saturated heterocycles. The number of para-hydroxylation sites is 5. The van der Waals surface area contributed by atoms with E-state index in [1.165, 1.54) is 49.0 Å². The molecule has 1 radical (unpaired) electrons. The molecule has 4 heteroatoms. The van der Waals surface area contributed by atoms with Gasteiger partial charge in [0.25, 0.3) is 0 Å². The van der Waals surface area contributed by atoms with Gasteiger partial charge in [-0.3, -0.25) is 0 Å². The van der Waals surface area contributed by atoms with Crippen molar-refractivity contribution in [3.63, 3.8) is 0 Å². The van der Waals surface area contributed by atoms with Crippen LogP contribution in [0.5, 0.6) is 0 Å². The molecule has 0 aliphatic heterocycles. The molecule has 0 N–H and O–H groups in total. The van der Waals surface area contributed by atoms with E-state index in [4.69, 9.17) is 0 Å². The molecule has 3 nitrogen and oxygen atoms in total. The molecule has 10 aromatic rings. The van der Waals surface area contributed by atoms with Crippen molar-refractivity contribution in [3.8, 4) is 28.2 Å². The first-order chi connectivity index (χ1) is 23.3. The second-order valence-corrected chi connectivity index (χ2v) is 12.1. The SMILES string of the molecule is [Y].[c-]1ccccc1-n1[c-]c(-c2ccc3c(c2)c2cc4c5ccccc5n(-c5ccccc5)c4cc2n3-c2ccccc2)c2ccccc21. The van der Waals surface area contributed by atoms with Gasteiger partial charge < -0.3 is 13.7 Å². The first kappa shape index (κ1) is 29.0. The van der Waals surface area contributed by atoms with E-state index in [-0.39, 0.29) is 32.7 Å². The Hall–Kier alpha value is -5.22. The third kappa shape index (κ3) is 4.35. The summed E-state index contributed by atoms with van der Waals surface area (Å²) in [6.45, 7) is 0. The van der Waals surface area contributed by atoms with E-state index >= 15 is 0 Å². The van der Waals surface area contributed by atoms with Crippen molar-refractivity contribution in [1.82, 2.24) is 13.7 Å². The van der Waals surface area contributed by atoms with Crippen molar-refractivity contribution in [2.45, 2.75) is 0 Å². The van der Waals surface area contributed by atoms with Gasteiger partial charge in [0.15, 0.2) is 0 Å². The Bertz CT molecular complexity index is 2770. The monoisotopic (exact) mass is 686 g/mol. The van der Waals surface area contributed by atoms with Crippen molar-refractivity contribution in [3.05, 3.63) is 176 Å². The van der Waals surface area contributed by atoms with Gasteiger partial charge in [-0.15, -0.1) is 5.69 Å². The molecule has 0 atom stereocenters. The van der Waals surface area contributed by atoms with Crippen LogP contribution in [0.15, 0.2) is 164 Å². The van der Waals surface area contributed by atoms with E-state index in [0.717, 1.165) is 33.7 Å². The van der Waals surface area contributed by atoms with Crippen LogP contribution in [0, 0.1) is 12.3 Å². The van der Waals surface area contributed by atoms with Crippen molar-refractivity contribution in [2.24, 2.45) is 0 Å². The van der Waals surface area contributed by atoms with Crippen molar-refractivity contribution >= 4 is 54.5 Å². The fourth-order valence-electron chi connectivity index (χ4n) is 7.39. The van der Waals surface area contributed by atoms with E-state index in [2.05, 4.69) is 172 Å². The Labute approximate surface area is 303 Å². The molecule has 7 aromatic carbocycles. The van der Waals surface area contributed by atoms with Gasteiger partial charge in [-0.05, 0) is 60.2 Å². The number of hydrogen-bond donors (Lipinski definition) is 0. The third-order valence-corrected chi connectivity index (χ3v) is 9.45. The molecule has 0 unspecified atom stereocenters. The fourth-order valence-corrected chi connectivity index (χ4v) is 7.39. The van der Waals surface area contributed by atoms with Gasteiger partial charge in [-0.1, -0.05) is 108 Å². The summed E-state index contributed by atoms with van der Waals surface area (Å²) in [5.41, 5.74) is 11.4. The maximum atomic E-state index is 3.72. The first-order valence-electron chi connectivity index (χ1n) is 16.0. The summed E-state index contributed by atoms with van der Waals surface area (Å²) in [6, 6.07) is 61.8. The van der Waals surface area contributed by atoms with E-state index < -0.39 is 0 Å². The molecular weight excluding hydrogens is 659 g/mol. The molecule has 223 valence electrons. The zero-order chi connectivity index (χ0) is 30.9. The number of aromatic nitrogens is 3. The van der Waals surface area contributed by atoms with Crippen LogP contribution in [0.4, 0.5) is 0 Å². The molecule has 0 fully saturated rings. The number of benzene rings is 7. The molecule has 48 heavy (non-hydrogen) atoms. The van der Waals surface area contributed by atoms with E-state index in [1.54, 1.807) is 0 Å². The van der Waals surface area contributed by atoms with Crippen LogP contribution in [0.1, 0.15) is 0 Å². The summed E-state index contributed by atoms with van der Waals surface area (Å²) in [6.07, 6.45) is 3.72. The van der Waals surface area contributed by atoms with Crippen molar-refractivity contribution in [1.29, 1.82) is 0 Å². The number of hydrogen-bond acceptors (Lipinski definition) is 0. The summed E-state index contributed by atoms with van der Waals surface area (Å²) in [5.74, 6) is 0. The van der Waals surface area contributed by atoms with Gasteiger partial charge >= 0.3 is 0 Å². The Balaban J connectivity index is 0.00000314. The largest absolute Gasteiger partial charge is 0.439 e. The second kappa shape index (κ2) is 11.5. The Morgan fingerprint density at radius 2 is 0.958 bits per heavy atom. The summed E-state index contributed by atoms with van der Waals surface area (Å²) < 4.78 is 6.93. The molecule has 0 aliphatic rings. The quantitative estimate of drug-likeness (QED) is 0.164. The summed E-state index contributed by atoms with van der Waals surface area (Å²) in [7, 11) is 0. The van der Waals surface area contributed by atoms with Crippen LogP contribution >= 0.6 is 0 Å². The van der Waals surface area contributed by atoms with Crippen molar-refractivity contribution < 1.29 is 32.7 Å². The zero-order valence-corrected chi connectivity index (χ0v) is 28.8. The van der Waals surface area contributed by atoms with Gasteiger partial charge in [0.1, 0.15) is 0 Å². The zero-order valence-electron chi connectivity index (χ0n) is 26.0. The third-order valence-electron chi connectivity index (χ3n) is 9.45. The van der Waals surface area contributed by atoms with E-state index in [1.807, 2.05) is 18.2 Å². The minimum atomic E-state index is 0. The predicted molar refractivity (Wildman–Crippen MR) is 195 cm³/mol. The van der Waals surface area contributed by atoms with Gasteiger partial charge in [0, 0.05) is 65.6 Å². The molecule has 0 spiro atoms. The Kier molecular flexibility index (Phi) is 6.93. The normalized spacial score (nSPS) is 11.6. The topological polar surface area (TPSA) is 14.8 Å². The van der Waals surface area contributed by atoms with Crippen LogP contribution < -0.4 is 0 Å². The van der Waals surface area contributed by atoms with Gasteiger partial charge in [0.05, 0.1) is 22.1 Å². The number of rotatable bonds is 4. The summed E-state index contributed by atoms with van der Waals surface area (Å²) in [4.78, 5) is 0. The minimum absolute atomic E-state index is 0. The smallest absolute Gasteiger partial charge is 0.0562 e. The molecule has 0 bridgehead atoms. The predicted octanol–water partition coefficient (Wildman–Crippen LogP) is 11.1. The van der Waals surface area contributed by atoms with Gasteiger partial charge in [-0.2, -0.15) is 24.3 Å². The molecule has 10 rings (SSSR count).